The lowest BCUT2D eigenvalue weighted by Crippen LogP contribution is -2.23. The van der Waals surface area contributed by atoms with Crippen LogP contribution in [0.25, 0.3) is 0 Å². The predicted octanol–water partition coefficient (Wildman–Crippen LogP) is 2.78. The van der Waals surface area contributed by atoms with Gasteiger partial charge in [-0.3, -0.25) is 0 Å². The Kier molecular flexibility index (Phi) is 3.25. The molecule has 98 valence electrons. The first-order valence-electron chi connectivity index (χ1n) is 6.96. The van der Waals surface area contributed by atoms with Gasteiger partial charge in [0.1, 0.15) is 5.82 Å². The van der Waals surface area contributed by atoms with Crippen molar-refractivity contribution in [2.75, 3.05) is 25.0 Å². The molecule has 1 heterocycles. The molecule has 3 heteroatoms. The van der Waals surface area contributed by atoms with Gasteiger partial charge in [0.2, 0.25) is 0 Å². The minimum absolute atomic E-state index is 0.0843. The summed E-state index contributed by atoms with van der Waals surface area (Å²) in [6.45, 7) is 2.84. The SMILES string of the molecule is CNCc1c(F)cccc1N1CC2CCCC2C1. The fourth-order valence-corrected chi connectivity index (χ4v) is 3.63. The molecule has 1 aromatic carbocycles. The van der Waals surface area contributed by atoms with Crippen LogP contribution in [0.15, 0.2) is 18.2 Å². The van der Waals surface area contributed by atoms with E-state index in [0.29, 0.717) is 6.54 Å². The summed E-state index contributed by atoms with van der Waals surface area (Å²) in [5.41, 5.74) is 1.92. The van der Waals surface area contributed by atoms with Crippen molar-refractivity contribution in [2.45, 2.75) is 25.8 Å². The fraction of sp³-hybridized carbons (Fsp3) is 0.600. The minimum atomic E-state index is -0.0843. The van der Waals surface area contributed by atoms with Crippen LogP contribution in [0, 0.1) is 17.7 Å². The molecule has 1 aromatic rings. The smallest absolute Gasteiger partial charge is 0.129 e. The Hall–Kier alpha value is -1.09. The summed E-state index contributed by atoms with van der Waals surface area (Å²) >= 11 is 0. The molecule has 3 rings (SSSR count). The van der Waals surface area contributed by atoms with Crippen molar-refractivity contribution < 1.29 is 4.39 Å². The van der Waals surface area contributed by atoms with Crippen LogP contribution < -0.4 is 10.2 Å². The zero-order valence-electron chi connectivity index (χ0n) is 11.0. The lowest BCUT2D eigenvalue weighted by Gasteiger charge is -2.23. The molecular weight excluding hydrogens is 227 g/mol. The first-order chi connectivity index (χ1) is 8.79. The van der Waals surface area contributed by atoms with E-state index < -0.39 is 0 Å². The van der Waals surface area contributed by atoms with Gasteiger partial charge in [0.15, 0.2) is 0 Å². The molecule has 2 nitrogen and oxygen atoms in total. The van der Waals surface area contributed by atoms with E-state index in [4.69, 9.17) is 0 Å². The molecule has 0 spiro atoms. The molecule has 2 atom stereocenters. The van der Waals surface area contributed by atoms with E-state index in [1.807, 2.05) is 13.1 Å². The van der Waals surface area contributed by atoms with Crippen molar-refractivity contribution in [1.82, 2.24) is 5.32 Å². The number of benzene rings is 1. The Labute approximate surface area is 108 Å². The average Bonchev–Trinajstić information content (AvgIpc) is 2.92. The zero-order valence-corrected chi connectivity index (χ0v) is 11.0. The van der Waals surface area contributed by atoms with Crippen molar-refractivity contribution in [3.8, 4) is 0 Å². The number of hydrogen-bond donors (Lipinski definition) is 1. The molecule has 0 amide bonds. The first kappa shape index (κ1) is 12.0. The van der Waals surface area contributed by atoms with E-state index in [-0.39, 0.29) is 5.82 Å². The topological polar surface area (TPSA) is 15.3 Å². The number of rotatable bonds is 3. The number of fused-ring (bicyclic) bond motifs is 1. The van der Waals surface area contributed by atoms with Crippen LogP contribution in [0.2, 0.25) is 0 Å². The van der Waals surface area contributed by atoms with Gasteiger partial charge < -0.3 is 10.2 Å². The third-order valence-corrected chi connectivity index (χ3v) is 4.51. The average molecular weight is 248 g/mol. The highest BCUT2D eigenvalue weighted by Gasteiger charge is 2.36. The molecular formula is C15H21FN2. The molecule has 1 N–H and O–H groups in total. The van der Waals surface area contributed by atoms with Crippen LogP contribution in [0.3, 0.4) is 0 Å². The van der Waals surface area contributed by atoms with Crippen LogP contribution in [-0.2, 0) is 6.54 Å². The maximum absolute atomic E-state index is 13.9. The monoisotopic (exact) mass is 248 g/mol. The molecule has 1 aliphatic heterocycles. The van der Waals surface area contributed by atoms with Gasteiger partial charge in [-0.15, -0.1) is 0 Å². The summed E-state index contributed by atoms with van der Waals surface area (Å²) in [4.78, 5) is 2.39. The Morgan fingerprint density at radius 3 is 2.67 bits per heavy atom. The highest BCUT2D eigenvalue weighted by atomic mass is 19.1. The molecule has 2 unspecified atom stereocenters. The second kappa shape index (κ2) is 4.88. The van der Waals surface area contributed by atoms with Crippen LogP contribution >= 0.6 is 0 Å². The number of anilines is 1. The molecule has 0 aromatic heterocycles. The Balaban J connectivity index is 1.86. The van der Waals surface area contributed by atoms with E-state index in [1.165, 1.54) is 19.3 Å². The van der Waals surface area contributed by atoms with E-state index in [9.17, 15) is 4.39 Å². The minimum Gasteiger partial charge on any atom is -0.371 e. The number of hydrogen-bond acceptors (Lipinski definition) is 2. The molecule has 0 radical (unpaired) electrons. The Morgan fingerprint density at radius 2 is 2.00 bits per heavy atom. The maximum atomic E-state index is 13.9. The molecule has 0 bridgehead atoms. The van der Waals surface area contributed by atoms with Gasteiger partial charge in [-0.1, -0.05) is 12.5 Å². The summed E-state index contributed by atoms with van der Waals surface area (Å²) in [6, 6.07) is 5.46. The number of nitrogens with one attached hydrogen (secondary N) is 1. The van der Waals surface area contributed by atoms with Crippen molar-refractivity contribution in [3.05, 3.63) is 29.6 Å². The lowest BCUT2D eigenvalue weighted by atomic mass is 10.0. The van der Waals surface area contributed by atoms with Crippen molar-refractivity contribution in [2.24, 2.45) is 11.8 Å². The van der Waals surface area contributed by atoms with Crippen molar-refractivity contribution in [3.63, 3.8) is 0 Å². The number of nitrogens with zero attached hydrogens (tertiary/aromatic N) is 1. The van der Waals surface area contributed by atoms with Crippen molar-refractivity contribution >= 4 is 5.69 Å². The van der Waals surface area contributed by atoms with Crippen LogP contribution in [0.5, 0.6) is 0 Å². The summed E-state index contributed by atoms with van der Waals surface area (Å²) in [5.74, 6) is 1.60. The van der Waals surface area contributed by atoms with Gasteiger partial charge in [0, 0.05) is 30.9 Å². The van der Waals surface area contributed by atoms with Crippen LogP contribution in [0.4, 0.5) is 10.1 Å². The quantitative estimate of drug-likeness (QED) is 0.885. The second-order valence-corrected chi connectivity index (χ2v) is 5.62. The fourth-order valence-electron chi connectivity index (χ4n) is 3.63. The van der Waals surface area contributed by atoms with Gasteiger partial charge in [-0.2, -0.15) is 0 Å². The standard InChI is InChI=1S/C15H21FN2/c1-17-8-13-14(16)6-3-7-15(13)18-9-11-4-2-5-12(11)10-18/h3,6-7,11-12,17H,2,4-5,8-10H2,1H3. The van der Waals surface area contributed by atoms with Crippen molar-refractivity contribution in [1.29, 1.82) is 0 Å². The zero-order chi connectivity index (χ0) is 12.5. The second-order valence-electron chi connectivity index (χ2n) is 5.62. The summed E-state index contributed by atoms with van der Waals surface area (Å²) in [6.07, 6.45) is 4.10. The van der Waals surface area contributed by atoms with Crippen LogP contribution in [0.1, 0.15) is 24.8 Å². The van der Waals surface area contributed by atoms with Gasteiger partial charge in [-0.25, -0.2) is 4.39 Å². The van der Waals surface area contributed by atoms with Gasteiger partial charge in [0.25, 0.3) is 0 Å². The lowest BCUT2D eigenvalue weighted by molar-refractivity contribution is 0.494. The molecule has 18 heavy (non-hydrogen) atoms. The number of halogens is 1. The van der Waals surface area contributed by atoms with Crippen LogP contribution in [-0.4, -0.2) is 20.1 Å². The van der Waals surface area contributed by atoms with Gasteiger partial charge >= 0.3 is 0 Å². The van der Waals surface area contributed by atoms with E-state index in [0.717, 1.165) is 36.2 Å². The molecule has 1 saturated carbocycles. The summed E-state index contributed by atoms with van der Waals surface area (Å²) < 4.78 is 13.9. The third kappa shape index (κ3) is 2.01. The van der Waals surface area contributed by atoms with E-state index in [1.54, 1.807) is 6.07 Å². The highest BCUT2D eigenvalue weighted by molar-refractivity contribution is 5.55. The van der Waals surface area contributed by atoms with E-state index >= 15 is 0 Å². The van der Waals surface area contributed by atoms with Gasteiger partial charge in [0.05, 0.1) is 0 Å². The predicted molar refractivity (Wildman–Crippen MR) is 72.2 cm³/mol. The molecule has 2 aliphatic rings. The Morgan fingerprint density at radius 1 is 1.28 bits per heavy atom. The normalized spacial score (nSPS) is 26.7. The molecule has 1 saturated heterocycles. The maximum Gasteiger partial charge on any atom is 0.129 e. The van der Waals surface area contributed by atoms with E-state index in [2.05, 4.69) is 16.3 Å². The summed E-state index contributed by atoms with van der Waals surface area (Å²) in [7, 11) is 1.87. The highest BCUT2D eigenvalue weighted by Crippen LogP contribution is 2.40. The molecule has 2 fully saturated rings. The first-order valence-corrected chi connectivity index (χ1v) is 6.96. The summed E-state index contributed by atoms with van der Waals surface area (Å²) in [5, 5.41) is 3.07. The molecule has 1 aliphatic carbocycles. The Bertz CT molecular complexity index is 421. The van der Waals surface area contributed by atoms with Gasteiger partial charge in [-0.05, 0) is 43.9 Å². The largest absolute Gasteiger partial charge is 0.371 e. The third-order valence-electron chi connectivity index (χ3n) is 4.51.